The van der Waals surface area contributed by atoms with Crippen LogP contribution in [0.15, 0.2) is 53.0 Å². The van der Waals surface area contributed by atoms with Crippen molar-refractivity contribution in [2.45, 2.75) is 0 Å². The van der Waals surface area contributed by atoms with E-state index in [1.807, 2.05) is 30.3 Å². The molecule has 2 heterocycles. The molecular weight excluding hydrogens is 368 g/mol. The van der Waals surface area contributed by atoms with Gasteiger partial charge in [0.25, 0.3) is 0 Å². The van der Waals surface area contributed by atoms with Gasteiger partial charge >= 0.3 is 0 Å². The molecule has 0 unspecified atom stereocenters. The van der Waals surface area contributed by atoms with Gasteiger partial charge in [-0.25, -0.2) is 9.97 Å². The first kappa shape index (κ1) is 13.2. The lowest BCUT2D eigenvalue weighted by atomic mass is 10.2. The topological polar surface area (TPSA) is 25.8 Å². The highest BCUT2D eigenvalue weighted by molar-refractivity contribution is 9.10. The monoisotopic (exact) mass is 374 g/mol. The number of hydrogen-bond acceptors (Lipinski definition) is 3. The van der Waals surface area contributed by atoms with E-state index in [9.17, 15) is 0 Å². The lowest BCUT2D eigenvalue weighted by molar-refractivity contribution is 1.24. The lowest BCUT2D eigenvalue weighted by Crippen LogP contribution is -1.90. The Balaban J connectivity index is 1.99. The molecule has 102 valence electrons. The average molecular weight is 376 g/mol. The van der Waals surface area contributed by atoms with E-state index >= 15 is 0 Å². The van der Waals surface area contributed by atoms with Crippen molar-refractivity contribution in [1.29, 1.82) is 0 Å². The first-order chi connectivity index (χ1) is 10.2. The van der Waals surface area contributed by atoms with Gasteiger partial charge in [0.05, 0.1) is 10.4 Å². The smallest absolute Gasteiger partial charge is 0.171 e. The molecule has 2 aromatic carbocycles. The maximum absolute atomic E-state index is 6.32. The molecule has 4 aromatic rings. The van der Waals surface area contributed by atoms with Crippen molar-refractivity contribution in [3.05, 3.63) is 58.2 Å². The van der Waals surface area contributed by atoms with Crippen molar-refractivity contribution in [2.75, 3.05) is 0 Å². The molecule has 0 aliphatic heterocycles. The summed E-state index contributed by atoms with van der Waals surface area (Å²) in [4.78, 5) is 10.1. The molecule has 2 nitrogen and oxygen atoms in total. The number of hydrogen-bond donors (Lipinski definition) is 0. The van der Waals surface area contributed by atoms with Gasteiger partial charge in [0.2, 0.25) is 0 Å². The second kappa shape index (κ2) is 5.05. The number of thiophene rings is 1. The van der Waals surface area contributed by atoms with Gasteiger partial charge in [-0.05, 0) is 45.6 Å². The second-order valence-electron chi connectivity index (χ2n) is 4.62. The van der Waals surface area contributed by atoms with E-state index in [-0.39, 0.29) is 0 Å². The number of nitrogens with zero attached hydrogens (tertiary/aromatic N) is 2. The Morgan fingerprint density at radius 2 is 1.86 bits per heavy atom. The summed E-state index contributed by atoms with van der Waals surface area (Å²) in [6, 6.07) is 16.2. The van der Waals surface area contributed by atoms with Crippen molar-refractivity contribution in [2.24, 2.45) is 0 Å². The number of fused-ring (bicyclic) bond motifs is 2. The van der Waals surface area contributed by atoms with Crippen LogP contribution in [0.1, 0.15) is 0 Å². The quantitative estimate of drug-likeness (QED) is 0.385. The summed E-state index contributed by atoms with van der Waals surface area (Å²) in [6.07, 6.45) is 0. The third kappa shape index (κ3) is 2.24. The zero-order valence-electron chi connectivity index (χ0n) is 10.7. The van der Waals surface area contributed by atoms with E-state index in [2.05, 4.69) is 44.1 Å². The van der Waals surface area contributed by atoms with Crippen molar-refractivity contribution < 1.29 is 0 Å². The van der Waals surface area contributed by atoms with Crippen molar-refractivity contribution >= 4 is 59.9 Å². The minimum absolute atomic E-state index is 0.480. The SMILES string of the molecule is Clc1nc(-c2cc3ccccc3s2)nc2c(Br)cccc12. The first-order valence-corrected chi connectivity index (χ1v) is 8.32. The second-order valence-corrected chi connectivity index (χ2v) is 6.92. The van der Waals surface area contributed by atoms with E-state index in [4.69, 9.17) is 11.6 Å². The van der Waals surface area contributed by atoms with Crippen LogP contribution >= 0.6 is 38.9 Å². The summed E-state index contributed by atoms with van der Waals surface area (Å²) in [5, 5.41) is 2.54. The molecule has 0 N–H and O–H groups in total. The van der Waals surface area contributed by atoms with E-state index in [1.54, 1.807) is 11.3 Å². The first-order valence-electron chi connectivity index (χ1n) is 6.33. The molecule has 0 atom stereocenters. The summed E-state index contributed by atoms with van der Waals surface area (Å²) in [5.41, 5.74) is 0.838. The average Bonchev–Trinajstić information content (AvgIpc) is 2.92. The maximum atomic E-state index is 6.32. The van der Waals surface area contributed by atoms with Crippen LogP contribution < -0.4 is 0 Å². The minimum atomic E-state index is 0.480. The van der Waals surface area contributed by atoms with Gasteiger partial charge in [-0.2, -0.15) is 0 Å². The standard InChI is InChI=1S/C16H8BrClN2S/c17-11-6-3-5-10-14(11)19-16(20-15(10)18)13-8-9-4-1-2-7-12(9)21-13/h1-8H. The van der Waals surface area contributed by atoms with Crippen LogP contribution in [-0.4, -0.2) is 9.97 Å². The summed E-state index contributed by atoms with van der Waals surface area (Å²) in [5.74, 6) is 0.667. The largest absolute Gasteiger partial charge is 0.226 e. The van der Waals surface area contributed by atoms with Crippen LogP contribution in [-0.2, 0) is 0 Å². The third-order valence-corrected chi connectivity index (χ3v) is 5.32. The summed E-state index contributed by atoms with van der Waals surface area (Å²) >= 11 is 11.5. The highest BCUT2D eigenvalue weighted by atomic mass is 79.9. The molecule has 0 aliphatic rings. The molecule has 0 saturated heterocycles. The molecule has 21 heavy (non-hydrogen) atoms. The van der Waals surface area contributed by atoms with E-state index in [0.717, 1.165) is 20.3 Å². The van der Waals surface area contributed by atoms with E-state index in [1.165, 1.54) is 10.1 Å². The van der Waals surface area contributed by atoms with Crippen LogP contribution in [0.3, 0.4) is 0 Å². The van der Waals surface area contributed by atoms with Gasteiger partial charge < -0.3 is 0 Å². The molecule has 0 saturated carbocycles. The zero-order chi connectivity index (χ0) is 14.4. The molecular formula is C16H8BrClN2S. The van der Waals surface area contributed by atoms with Gasteiger partial charge in [-0.15, -0.1) is 11.3 Å². The predicted octanol–water partition coefficient (Wildman–Crippen LogP) is 5.93. The van der Waals surface area contributed by atoms with Gasteiger partial charge in [0.1, 0.15) is 5.15 Å². The fourth-order valence-electron chi connectivity index (χ4n) is 2.28. The van der Waals surface area contributed by atoms with Gasteiger partial charge in [0.15, 0.2) is 5.82 Å². The Morgan fingerprint density at radius 3 is 2.71 bits per heavy atom. The molecule has 0 bridgehead atoms. The van der Waals surface area contributed by atoms with Crippen molar-refractivity contribution in [1.82, 2.24) is 9.97 Å². The molecule has 0 spiro atoms. The zero-order valence-corrected chi connectivity index (χ0v) is 13.8. The van der Waals surface area contributed by atoms with Crippen LogP contribution in [0.2, 0.25) is 5.15 Å². The fraction of sp³-hybridized carbons (Fsp3) is 0. The Kier molecular flexibility index (Phi) is 3.17. The molecule has 0 aliphatic carbocycles. The summed E-state index contributed by atoms with van der Waals surface area (Å²) in [6.45, 7) is 0. The normalized spacial score (nSPS) is 11.3. The molecule has 0 radical (unpaired) electrons. The van der Waals surface area contributed by atoms with E-state index in [0.29, 0.717) is 11.0 Å². The Morgan fingerprint density at radius 1 is 1.00 bits per heavy atom. The van der Waals surface area contributed by atoms with Gasteiger partial charge in [-0.1, -0.05) is 35.9 Å². The minimum Gasteiger partial charge on any atom is -0.226 e. The molecule has 5 heteroatoms. The number of halogens is 2. The van der Waals surface area contributed by atoms with Crippen molar-refractivity contribution in [3.8, 4) is 10.7 Å². The van der Waals surface area contributed by atoms with Gasteiger partial charge in [-0.3, -0.25) is 0 Å². The number of aromatic nitrogens is 2. The van der Waals surface area contributed by atoms with E-state index < -0.39 is 0 Å². The Hall–Kier alpha value is -1.49. The molecule has 4 rings (SSSR count). The Labute approximate surface area is 138 Å². The summed E-state index contributed by atoms with van der Waals surface area (Å²) < 4.78 is 2.14. The third-order valence-electron chi connectivity index (χ3n) is 3.28. The van der Waals surface area contributed by atoms with Crippen LogP contribution in [0.4, 0.5) is 0 Å². The summed E-state index contributed by atoms with van der Waals surface area (Å²) in [7, 11) is 0. The molecule has 0 fully saturated rings. The Bertz CT molecular complexity index is 948. The highest BCUT2D eigenvalue weighted by Crippen LogP contribution is 2.34. The van der Waals surface area contributed by atoms with Crippen molar-refractivity contribution in [3.63, 3.8) is 0 Å². The lowest BCUT2D eigenvalue weighted by Gasteiger charge is -2.04. The van der Waals surface area contributed by atoms with Crippen LogP contribution in [0.5, 0.6) is 0 Å². The van der Waals surface area contributed by atoms with Gasteiger partial charge in [0, 0.05) is 14.6 Å². The molecule has 2 aromatic heterocycles. The highest BCUT2D eigenvalue weighted by Gasteiger charge is 2.12. The number of para-hydroxylation sites is 1. The number of rotatable bonds is 1. The van der Waals surface area contributed by atoms with Crippen LogP contribution in [0.25, 0.3) is 31.7 Å². The fourth-order valence-corrected chi connectivity index (χ4v) is 3.97. The van der Waals surface area contributed by atoms with Crippen LogP contribution in [0, 0.1) is 0 Å². The molecule has 0 amide bonds. The predicted molar refractivity (Wildman–Crippen MR) is 93.1 cm³/mol. The maximum Gasteiger partial charge on any atom is 0.171 e. The number of benzene rings is 2.